The fraction of sp³-hybridized carbons (Fsp3) is 0.333. The second-order valence-corrected chi connectivity index (χ2v) is 8.01. The third-order valence-electron chi connectivity index (χ3n) is 6.16. The van der Waals surface area contributed by atoms with Crippen LogP contribution in [0.1, 0.15) is 54.1 Å². The minimum atomic E-state index is -0.0426. The van der Waals surface area contributed by atoms with Gasteiger partial charge in [-0.1, -0.05) is 37.5 Å². The van der Waals surface area contributed by atoms with Gasteiger partial charge in [-0.2, -0.15) is 0 Å². The molecule has 1 saturated carbocycles. The molecule has 5 nitrogen and oxygen atoms in total. The highest BCUT2D eigenvalue weighted by Gasteiger charge is 2.18. The van der Waals surface area contributed by atoms with Gasteiger partial charge in [0.2, 0.25) is 0 Å². The molecule has 5 heteroatoms. The SMILES string of the molecule is O=C(NCCc1c[nH]c2ccccc12)c1ccc2c(c1)ncn2C1CCCCC1. The number of nitrogens with zero attached hydrogens (tertiary/aromatic N) is 2. The van der Waals surface area contributed by atoms with Crippen LogP contribution in [-0.4, -0.2) is 27.0 Å². The summed E-state index contributed by atoms with van der Waals surface area (Å²) >= 11 is 0. The number of rotatable bonds is 5. The number of hydrogen-bond acceptors (Lipinski definition) is 2. The summed E-state index contributed by atoms with van der Waals surface area (Å²) in [5, 5.41) is 4.27. The molecular weight excluding hydrogens is 360 g/mol. The first-order valence-electron chi connectivity index (χ1n) is 10.6. The third-order valence-corrected chi connectivity index (χ3v) is 6.16. The van der Waals surface area contributed by atoms with Crippen molar-refractivity contribution in [2.24, 2.45) is 0 Å². The quantitative estimate of drug-likeness (QED) is 0.507. The molecule has 1 amide bonds. The van der Waals surface area contributed by atoms with Crippen LogP contribution >= 0.6 is 0 Å². The van der Waals surface area contributed by atoms with E-state index < -0.39 is 0 Å². The third kappa shape index (κ3) is 3.53. The standard InChI is InChI=1S/C24H26N4O/c29-24(25-13-12-18-15-26-21-9-5-4-8-20(18)21)17-10-11-23-22(14-17)27-16-28(23)19-6-2-1-3-7-19/h4-5,8-11,14-16,19,26H,1-3,6-7,12-13H2,(H,25,29). The van der Waals surface area contributed by atoms with Crippen LogP contribution in [-0.2, 0) is 6.42 Å². The molecule has 29 heavy (non-hydrogen) atoms. The van der Waals surface area contributed by atoms with Gasteiger partial charge in [-0.15, -0.1) is 0 Å². The van der Waals surface area contributed by atoms with Crippen LogP contribution in [0, 0.1) is 0 Å². The first-order valence-corrected chi connectivity index (χ1v) is 10.6. The smallest absolute Gasteiger partial charge is 0.251 e. The Bertz CT molecular complexity index is 1150. The molecular formula is C24H26N4O. The first-order chi connectivity index (χ1) is 14.3. The van der Waals surface area contributed by atoms with Crippen LogP contribution in [0.25, 0.3) is 21.9 Å². The van der Waals surface area contributed by atoms with Crippen molar-refractivity contribution < 1.29 is 4.79 Å². The molecule has 0 aliphatic heterocycles. The molecule has 2 aromatic carbocycles. The number of H-pyrrole nitrogens is 1. The fourth-order valence-corrected chi connectivity index (χ4v) is 4.57. The number of benzene rings is 2. The van der Waals surface area contributed by atoms with Crippen molar-refractivity contribution in [1.29, 1.82) is 0 Å². The van der Waals surface area contributed by atoms with E-state index in [0.717, 1.165) is 23.0 Å². The average Bonchev–Trinajstić information content (AvgIpc) is 3.38. The molecule has 2 N–H and O–H groups in total. The molecule has 1 aliphatic carbocycles. The van der Waals surface area contributed by atoms with Crippen molar-refractivity contribution in [3.05, 3.63) is 66.1 Å². The molecule has 2 aromatic heterocycles. The zero-order chi connectivity index (χ0) is 19.6. The Morgan fingerprint density at radius 2 is 2.00 bits per heavy atom. The van der Waals surface area contributed by atoms with E-state index in [1.165, 1.54) is 43.1 Å². The molecule has 5 rings (SSSR count). The minimum Gasteiger partial charge on any atom is -0.361 e. The van der Waals surface area contributed by atoms with Crippen LogP contribution in [0.3, 0.4) is 0 Å². The van der Waals surface area contributed by atoms with Gasteiger partial charge in [0.05, 0.1) is 17.4 Å². The second kappa shape index (κ2) is 7.74. The summed E-state index contributed by atoms with van der Waals surface area (Å²) in [6.45, 7) is 0.606. The predicted octanol–water partition coefficient (Wildman–Crippen LogP) is 5.00. The Hall–Kier alpha value is -3.08. The van der Waals surface area contributed by atoms with E-state index in [9.17, 15) is 4.79 Å². The van der Waals surface area contributed by atoms with Crippen LogP contribution in [0.2, 0.25) is 0 Å². The number of para-hydroxylation sites is 1. The number of aromatic amines is 1. The number of amides is 1. The number of nitrogens with one attached hydrogen (secondary N) is 2. The Morgan fingerprint density at radius 3 is 2.90 bits per heavy atom. The summed E-state index contributed by atoms with van der Waals surface area (Å²) in [6.07, 6.45) is 11.1. The van der Waals surface area contributed by atoms with Crippen LogP contribution in [0.5, 0.6) is 0 Å². The van der Waals surface area contributed by atoms with Crippen LogP contribution in [0.15, 0.2) is 55.0 Å². The van der Waals surface area contributed by atoms with Crippen molar-refractivity contribution >= 4 is 27.8 Å². The lowest BCUT2D eigenvalue weighted by Gasteiger charge is -2.23. The average molecular weight is 386 g/mol. The maximum atomic E-state index is 12.6. The Labute approximate surface area is 170 Å². The van der Waals surface area contributed by atoms with Gasteiger partial charge in [-0.25, -0.2) is 4.98 Å². The number of hydrogen-bond donors (Lipinski definition) is 2. The summed E-state index contributed by atoms with van der Waals surface area (Å²) < 4.78 is 2.30. The number of carbonyl (C=O) groups excluding carboxylic acids is 1. The largest absolute Gasteiger partial charge is 0.361 e. The van der Waals surface area contributed by atoms with Gasteiger partial charge in [0.1, 0.15) is 0 Å². The van der Waals surface area contributed by atoms with E-state index in [1.54, 1.807) is 0 Å². The zero-order valence-electron chi connectivity index (χ0n) is 16.5. The minimum absolute atomic E-state index is 0.0426. The van der Waals surface area contributed by atoms with Gasteiger partial charge in [0.25, 0.3) is 5.91 Å². The van der Waals surface area contributed by atoms with Crippen LogP contribution in [0.4, 0.5) is 0 Å². The number of fused-ring (bicyclic) bond motifs is 2. The van der Waals surface area contributed by atoms with Gasteiger partial charge in [-0.3, -0.25) is 4.79 Å². The van der Waals surface area contributed by atoms with Gasteiger partial charge in [0.15, 0.2) is 0 Å². The Balaban J connectivity index is 1.26. The maximum absolute atomic E-state index is 12.6. The summed E-state index contributed by atoms with van der Waals surface area (Å²) in [6, 6.07) is 14.7. The van der Waals surface area contributed by atoms with Gasteiger partial charge in [-0.05, 0) is 49.1 Å². The number of aromatic nitrogens is 3. The van der Waals surface area contributed by atoms with Crippen molar-refractivity contribution in [2.45, 2.75) is 44.6 Å². The molecule has 0 spiro atoms. The molecule has 4 aromatic rings. The van der Waals surface area contributed by atoms with E-state index in [0.29, 0.717) is 18.2 Å². The first kappa shape index (κ1) is 18.0. The monoisotopic (exact) mass is 386 g/mol. The van der Waals surface area contributed by atoms with E-state index in [1.807, 2.05) is 42.9 Å². The maximum Gasteiger partial charge on any atom is 0.251 e. The highest BCUT2D eigenvalue weighted by Crippen LogP contribution is 2.31. The lowest BCUT2D eigenvalue weighted by atomic mass is 9.95. The predicted molar refractivity (Wildman–Crippen MR) is 116 cm³/mol. The molecule has 1 aliphatic rings. The van der Waals surface area contributed by atoms with Gasteiger partial charge in [0, 0.05) is 35.2 Å². The zero-order valence-corrected chi connectivity index (χ0v) is 16.5. The summed E-state index contributed by atoms with van der Waals surface area (Å²) in [4.78, 5) is 20.5. The molecule has 148 valence electrons. The lowest BCUT2D eigenvalue weighted by molar-refractivity contribution is 0.0954. The normalized spacial score (nSPS) is 15.2. The molecule has 0 atom stereocenters. The molecule has 0 radical (unpaired) electrons. The molecule has 0 bridgehead atoms. The summed E-state index contributed by atoms with van der Waals surface area (Å²) in [7, 11) is 0. The van der Waals surface area contributed by atoms with E-state index in [-0.39, 0.29) is 5.91 Å². The Kier molecular flexibility index (Phi) is 4.80. The van der Waals surface area contributed by atoms with Crippen LogP contribution < -0.4 is 5.32 Å². The number of carbonyl (C=O) groups is 1. The van der Waals surface area contributed by atoms with Gasteiger partial charge < -0.3 is 14.9 Å². The molecule has 1 fully saturated rings. The van der Waals surface area contributed by atoms with Crippen molar-refractivity contribution in [3.63, 3.8) is 0 Å². The molecule has 0 saturated heterocycles. The Morgan fingerprint density at radius 1 is 1.14 bits per heavy atom. The topological polar surface area (TPSA) is 62.7 Å². The van der Waals surface area contributed by atoms with Crippen molar-refractivity contribution in [1.82, 2.24) is 19.9 Å². The highest BCUT2D eigenvalue weighted by molar-refractivity contribution is 5.97. The van der Waals surface area contributed by atoms with Crippen molar-refractivity contribution in [2.75, 3.05) is 6.54 Å². The van der Waals surface area contributed by atoms with E-state index >= 15 is 0 Å². The molecule has 0 unspecified atom stereocenters. The van der Waals surface area contributed by atoms with E-state index in [2.05, 4.69) is 32.0 Å². The fourth-order valence-electron chi connectivity index (χ4n) is 4.57. The lowest BCUT2D eigenvalue weighted by Crippen LogP contribution is -2.25. The summed E-state index contributed by atoms with van der Waals surface area (Å²) in [5.41, 5.74) is 5.06. The van der Waals surface area contributed by atoms with E-state index in [4.69, 9.17) is 0 Å². The van der Waals surface area contributed by atoms with Crippen molar-refractivity contribution in [3.8, 4) is 0 Å². The molecule has 2 heterocycles. The number of imidazole rings is 1. The highest BCUT2D eigenvalue weighted by atomic mass is 16.1. The second-order valence-electron chi connectivity index (χ2n) is 8.01. The summed E-state index contributed by atoms with van der Waals surface area (Å²) in [5.74, 6) is -0.0426. The van der Waals surface area contributed by atoms with Gasteiger partial charge >= 0.3 is 0 Å².